The molecule has 8 nitrogen and oxygen atoms in total. The van der Waals surface area contributed by atoms with Crippen LogP contribution in [0.25, 0.3) is 22.8 Å². The average Bonchev–Trinajstić information content (AvgIpc) is 3.48. The molecule has 2 aromatic heterocycles. The maximum Gasteiger partial charge on any atom is 0.258 e. The van der Waals surface area contributed by atoms with E-state index in [0.29, 0.717) is 33.9 Å². The van der Waals surface area contributed by atoms with Gasteiger partial charge in [0.1, 0.15) is 0 Å². The van der Waals surface area contributed by atoms with Crippen molar-refractivity contribution in [3.63, 3.8) is 0 Å². The lowest BCUT2D eigenvalue weighted by Gasteiger charge is -2.06. The monoisotopic (exact) mass is 446 g/mol. The molecule has 9 heteroatoms. The lowest BCUT2D eigenvalue weighted by molar-refractivity contribution is -0.113. The highest BCUT2D eigenvalue weighted by Gasteiger charge is 2.15. The number of pyridine rings is 1. The first-order valence-electron chi connectivity index (χ1n) is 9.83. The fraction of sp³-hybridized carbons (Fsp3) is 0.130. The third-order valence-electron chi connectivity index (χ3n) is 4.73. The van der Waals surface area contributed by atoms with Gasteiger partial charge in [-0.1, -0.05) is 46.7 Å². The highest BCUT2D eigenvalue weighted by atomic mass is 32.2. The molecule has 0 spiro atoms. The number of anilines is 1. The number of ether oxygens (including phenoxy) is 2. The number of nitrogens with one attached hydrogen (secondary N) is 1. The van der Waals surface area contributed by atoms with Gasteiger partial charge in [-0.25, -0.2) is 4.98 Å². The van der Waals surface area contributed by atoms with E-state index in [-0.39, 0.29) is 18.5 Å². The minimum atomic E-state index is -0.152. The second-order valence-corrected chi connectivity index (χ2v) is 8.07. The lowest BCUT2D eigenvalue weighted by atomic mass is 10.1. The van der Waals surface area contributed by atoms with Crippen LogP contribution in [-0.2, 0) is 4.79 Å². The molecule has 0 aliphatic carbocycles. The Morgan fingerprint density at radius 1 is 1.03 bits per heavy atom. The fourth-order valence-corrected chi connectivity index (χ4v) is 3.79. The van der Waals surface area contributed by atoms with Gasteiger partial charge in [-0.3, -0.25) is 4.79 Å². The second kappa shape index (κ2) is 8.72. The summed E-state index contributed by atoms with van der Waals surface area (Å²) in [6.07, 6.45) is 1.66. The van der Waals surface area contributed by atoms with Crippen LogP contribution in [0.15, 0.2) is 70.3 Å². The summed E-state index contributed by atoms with van der Waals surface area (Å²) in [7, 11) is 0. The molecule has 2 aromatic carbocycles. The van der Waals surface area contributed by atoms with Crippen LogP contribution in [0, 0.1) is 6.92 Å². The Morgan fingerprint density at radius 3 is 2.75 bits per heavy atom. The maximum atomic E-state index is 12.4. The second-order valence-electron chi connectivity index (χ2n) is 7.08. The molecule has 1 aliphatic heterocycles. The van der Waals surface area contributed by atoms with Crippen molar-refractivity contribution in [2.24, 2.45) is 0 Å². The van der Waals surface area contributed by atoms with E-state index in [2.05, 4.69) is 20.4 Å². The first kappa shape index (κ1) is 20.1. The summed E-state index contributed by atoms with van der Waals surface area (Å²) < 4.78 is 16.0. The van der Waals surface area contributed by atoms with Crippen LogP contribution in [0.5, 0.6) is 11.5 Å². The Labute approximate surface area is 188 Å². The number of thioether (sulfide) groups is 1. The molecule has 3 heterocycles. The summed E-state index contributed by atoms with van der Waals surface area (Å²) in [5, 5.41) is 7.60. The number of carbonyl (C=O) groups excluding carboxylic acids is 1. The van der Waals surface area contributed by atoms with Gasteiger partial charge < -0.3 is 19.3 Å². The predicted molar refractivity (Wildman–Crippen MR) is 120 cm³/mol. The standard InChI is InChI=1S/C23H18N4O4S/c1-14-2-4-15(5-3-14)22-26-23(31-27-22)16-8-9-24-21(10-16)32-12-20(28)25-17-6-7-18-19(11-17)30-13-29-18/h2-11H,12-13H2,1H3,(H,25,28). The Hall–Kier alpha value is -3.85. The molecule has 0 saturated heterocycles. The van der Waals surface area contributed by atoms with Gasteiger partial charge in [0.2, 0.25) is 18.5 Å². The number of fused-ring (bicyclic) bond motifs is 1. The fourth-order valence-electron chi connectivity index (χ4n) is 3.09. The van der Waals surface area contributed by atoms with Crippen molar-refractivity contribution in [2.75, 3.05) is 17.9 Å². The SMILES string of the molecule is Cc1ccc(-c2noc(-c3ccnc(SCC(=O)Nc4ccc5c(c4)OCO5)c3)n2)cc1. The number of benzene rings is 2. The molecule has 0 unspecified atom stereocenters. The van der Waals surface area contributed by atoms with Gasteiger partial charge in [0.25, 0.3) is 5.89 Å². The smallest absolute Gasteiger partial charge is 0.258 e. The molecular formula is C23H18N4O4S. The zero-order valence-electron chi connectivity index (χ0n) is 17.1. The Morgan fingerprint density at radius 2 is 1.88 bits per heavy atom. The largest absolute Gasteiger partial charge is 0.454 e. The number of nitrogens with zero attached hydrogens (tertiary/aromatic N) is 3. The molecule has 1 N–H and O–H groups in total. The molecule has 160 valence electrons. The molecule has 0 saturated carbocycles. The minimum Gasteiger partial charge on any atom is -0.454 e. The molecule has 1 amide bonds. The quantitative estimate of drug-likeness (QED) is 0.430. The van der Waals surface area contributed by atoms with Gasteiger partial charge in [-0.2, -0.15) is 4.98 Å². The molecular weight excluding hydrogens is 428 g/mol. The summed E-state index contributed by atoms with van der Waals surface area (Å²) >= 11 is 1.32. The maximum absolute atomic E-state index is 12.4. The van der Waals surface area contributed by atoms with Gasteiger partial charge in [0, 0.05) is 29.1 Å². The van der Waals surface area contributed by atoms with Crippen LogP contribution in [0.3, 0.4) is 0 Å². The summed E-state index contributed by atoms with van der Waals surface area (Å²) in [4.78, 5) is 21.2. The zero-order chi connectivity index (χ0) is 21.9. The van der Waals surface area contributed by atoms with E-state index in [1.165, 1.54) is 11.8 Å². The van der Waals surface area contributed by atoms with E-state index in [1.807, 2.05) is 37.3 Å². The average molecular weight is 446 g/mol. The van der Waals surface area contributed by atoms with Gasteiger partial charge in [-0.05, 0) is 31.2 Å². The van der Waals surface area contributed by atoms with Crippen molar-refractivity contribution in [2.45, 2.75) is 11.9 Å². The minimum absolute atomic E-state index is 0.152. The van der Waals surface area contributed by atoms with E-state index in [0.717, 1.165) is 16.7 Å². The highest BCUT2D eigenvalue weighted by Crippen LogP contribution is 2.34. The van der Waals surface area contributed by atoms with E-state index < -0.39 is 0 Å². The summed E-state index contributed by atoms with van der Waals surface area (Å²) in [5.74, 6) is 2.26. The molecule has 0 bridgehead atoms. The predicted octanol–water partition coefficient (Wildman–Crippen LogP) is 4.57. The molecule has 0 radical (unpaired) electrons. The van der Waals surface area contributed by atoms with Gasteiger partial charge in [0.05, 0.1) is 10.8 Å². The van der Waals surface area contributed by atoms with E-state index >= 15 is 0 Å². The van der Waals surface area contributed by atoms with Crippen LogP contribution in [0.1, 0.15) is 5.56 Å². The third kappa shape index (κ3) is 4.42. The molecule has 32 heavy (non-hydrogen) atoms. The van der Waals surface area contributed by atoms with E-state index in [4.69, 9.17) is 14.0 Å². The zero-order valence-corrected chi connectivity index (χ0v) is 17.9. The number of aryl methyl sites for hydroxylation is 1. The van der Waals surface area contributed by atoms with E-state index in [1.54, 1.807) is 30.5 Å². The number of aromatic nitrogens is 3. The van der Waals surface area contributed by atoms with Crippen molar-refractivity contribution in [3.8, 4) is 34.3 Å². The van der Waals surface area contributed by atoms with Crippen LogP contribution in [0.4, 0.5) is 5.69 Å². The van der Waals surface area contributed by atoms with Crippen molar-refractivity contribution in [1.82, 2.24) is 15.1 Å². The van der Waals surface area contributed by atoms with Crippen molar-refractivity contribution in [1.29, 1.82) is 0 Å². The van der Waals surface area contributed by atoms with Crippen LogP contribution in [-0.4, -0.2) is 33.6 Å². The Bertz CT molecular complexity index is 1270. The molecule has 1 aliphatic rings. The van der Waals surface area contributed by atoms with Crippen LogP contribution >= 0.6 is 11.8 Å². The Kier molecular flexibility index (Phi) is 5.47. The normalized spacial score (nSPS) is 12.0. The first-order chi connectivity index (χ1) is 15.6. The molecule has 0 atom stereocenters. The topological polar surface area (TPSA) is 99.4 Å². The van der Waals surface area contributed by atoms with Crippen molar-refractivity contribution < 1.29 is 18.8 Å². The summed E-state index contributed by atoms with van der Waals surface area (Å²) in [5.41, 5.74) is 3.44. The lowest BCUT2D eigenvalue weighted by Crippen LogP contribution is -2.14. The number of carbonyl (C=O) groups is 1. The molecule has 0 fully saturated rings. The number of amides is 1. The highest BCUT2D eigenvalue weighted by molar-refractivity contribution is 7.99. The molecule has 4 aromatic rings. The third-order valence-corrected chi connectivity index (χ3v) is 5.65. The number of hydrogen-bond donors (Lipinski definition) is 1. The molecule has 5 rings (SSSR count). The number of hydrogen-bond acceptors (Lipinski definition) is 8. The van der Waals surface area contributed by atoms with Crippen molar-refractivity contribution >= 4 is 23.4 Å². The Balaban J connectivity index is 1.23. The van der Waals surface area contributed by atoms with E-state index in [9.17, 15) is 4.79 Å². The van der Waals surface area contributed by atoms with Crippen LogP contribution < -0.4 is 14.8 Å². The van der Waals surface area contributed by atoms with Crippen LogP contribution in [0.2, 0.25) is 0 Å². The summed E-state index contributed by atoms with van der Waals surface area (Å²) in [6.45, 7) is 2.22. The summed E-state index contributed by atoms with van der Waals surface area (Å²) in [6, 6.07) is 16.8. The number of rotatable bonds is 6. The van der Waals surface area contributed by atoms with Crippen molar-refractivity contribution in [3.05, 3.63) is 66.4 Å². The first-order valence-corrected chi connectivity index (χ1v) is 10.8. The van der Waals surface area contributed by atoms with Gasteiger partial charge >= 0.3 is 0 Å². The van der Waals surface area contributed by atoms with Gasteiger partial charge in [-0.15, -0.1) is 0 Å². The van der Waals surface area contributed by atoms with Gasteiger partial charge in [0.15, 0.2) is 11.5 Å².